The highest BCUT2D eigenvalue weighted by Gasteiger charge is 2.31. The Morgan fingerprint density at radius 2 is 1.76 bits per heavy atom. The van der Waals surface area contributed by atoms with E-state index in [1.165, 1.54) is 4.90 Å². The summed E-state index contributed by atoms with van der Waals surface area (Å²) >= 11 is 0. The third kappa shape index (κ3) is 6.78. The second-order valence-electron chi connectivity index (χ2n) is 4.73. The maximum atomic E-state index is 12.0. The number of hydrogen-bond acceptors (Lipinski definition) is 3. The number of sulfonamides is 1. The van der Waals surface area contributed by atoms with Gasteiger partial charge in [0.1, 0.15) is 5.75 Å². The Balaban J connectivity index is 2.63. The molecule has 0 saturated heterocycles. The summed E-state index contributed by atoms with van der Waals surface area (Å²) in [6.07, 6.45) is -4.13. The fraction of sp³-hybridized carbons (Fsp3) is 0.500. The van der Waals surface area contributed by atoms with E-state index in [9.17, 15) is 21.6 Å². The standard InChI is InChI=1S/C12H17F3N2O3S/c1-17(2)9-3-8-16-21(18,19)11-6-4-10(5-7-11)20-12(13,14)15/h4-7,16H,3,8-9H2,1-2H3/p+1. The molecular formula is C12H18F3N2O3S+. The second kappa shape index (κ2) is 7.10. The van der Waals surface area contributed by atoms with Gasteiger partial charge in [-0.2, -0.15) is 0 Å². The monoisotopic (exact) mass is 327 g/mol. The first kappa shape index (κ1) is 17.7. The summed E-state index contributed by atoms with van der Waals surface area (Å²) in [7, 11) is 0.190. The number of nitrogens with one attached hydrogen (secondary N) is 2. The van der Waals surface area contributed by atoms with Gasteiger partial charge in [-0.15, -0.1) is 13.2 Å². The smallest absolute Gasteiger partial charge is 0.406 e. The van der Waals surface area contributed by atoms with Gasteiger partial charge in [0, 0.05) is 13.0 Å². The average molecular weight is 327 g/mol. The van der Waals surface area contributed by atoms with Crippen LogP contribution in [0.15, 0.2) is 29.2 Å². The number of alkyl halides is 3. The van der Waals surface area contributed by atoms with Crippen LogP contribution in [0.2, 0.25) is 0 Å². The molecule has 0 aliphatic carbocycles. The first-order valence-corrected chi connectivity index (χ1v) is 7.73. The van der Waals surface area contributed by atoms with Crippen molar-refractivity contribution in [2.24, 2.45) is 0 Å². The number of hydrogen-bond donors (Lipinski definition) is 2. The van der Waals surface area contributed by atoms with Gasteiger partial charge < -0.3 is 9.64 Å². The van der Waals surface area contributed by atoms with Gasteiger partial charge in [0.25, 0.3) is 0 Å². The number of quaternary nitrogens is 1. The third-order valence-corrected chi connectivity index (χ3v) is 3.99. The van der Waals surface area contributed by atoms with Crippen LogP contribution in [0.1, 0.15) is 6.42 Å². The summed E-state index contributed by atoms with van der Waals surface area (Å²) < 4.78 is 65.8. The molecule has 21 heavy (non-hydrogen) atoms. The lowest BCUT2D eigenvalue weighted by Crippen LogP contribution is -3.05. The Labute approximate surface area is 121 Å². The SMILES string of the molecule is C[NH+](C)CCCNS(=O)(=O)c1ccc(OC(F)(F)F)cc1. The van der Waals surface area contributed by atoms with Crippen LogP contribution in [-0.2, 0) is 10.0 Å². The van der Waals surface area contributed by atoms with Gasteiger partial charge in [-0.1, -0.05) is 0 Å². The second-order valence-corrected chi connectivity index (χ2v) is 6.49. The fourth-order valence-electron chi connectivity index (χ4n) is 1.55. The lowest BCUT2D eigenvalue weighted by Gasteiger charge is -2.10. The van der Waals surface area contributed by atoms with Crippen molar-refractivity contribution in [1.82, 2.24) is 4.72 Å². The molecule has 0 aromatic heterocycles. The molecular weight excluding hydrogens is 309 g/mol. The maximum absolute atomic E-state index is 12.0. The van der Waals surface area contributed by atoms with Crippen LogP contribution in [0.4, 0.5) is 13.2 Å². The first-order valence-electron chi connectivity index (χ1n) is 6.25. The van der Waals surface area contributed by atoms with Crippen LogP contribution in [0.25, 0.3) is 0 Å². The average Bonchev–Trinajstić information content (AvgIpc) is 2.33. The van der Waals surface area contributed by atoms with Crippen LogP contribution in [0.3, 0.4) is 0 Å². The number of halogens is 3. The Morgan fingerprint density at radius 3 is 2.24 bits per heavy atom. The van der Waals surface area contributed by atoms with Gasteiger partial charge in [0.15, 0.2) is 0 Å². The molecule has 1 aromatic carbocycles. The van der Waals surface area contributed by atoms with Gasteiger partial charge in [-0.3, -0.25) is 0 Å². The van der Waals surface area contributed by atoms with E-state index < -0.39 is 22.1 Å². The minimum atomic E-state index is -4.80. The van der Waals surface area contributed by atoms with Crippen LogP contribution in [0.5, 0.6) is 5.75 Å². The van der Waals surface area contributed by atoms with E-state index in [1.807, 2.05) is 14.1 Å². The molecule has 0 spiro atoms. The minimum absolute atomic E-state index is 0.103. The van der Waals surface area contributed by atoms with E-state index in [2.05, 4.69) is 9.46 Å². The molecule has 1 aromatic rings. The Kier molecular flexibility index (Phi) is 5.99. The summed E-state index contributed by atoms with van der Waals surface area (Å²) in [6.45, 7) is 1.08. The van der Waals surface area contributed by atoms with Crippen molar-refractivity contribution in [3.05, 3.63) is 24.3 Å². The molecule has 0 fully saturated rings. The van der Waals surface area contributed by atoms with Crippen LogP contribution in [-0.4, -0.2) is 42.0 Å². The van der Waals surface area contributed by atoms with Gasteiger partial charge in [-0.05, 0) is 24.3 Å². The van der Waals surface area contributed by atoms with Gasteiger partial charge >= 0.3 is 6.36 Å². The van der Waals surface area contributed by atoms with Crippen molar-refractivity contribution in [3.8, 4) is 5.75 Å². The largest absolute Gasteiger partial charge is 0.573 e. The third-order valence-electron chi connectivity index (χ3n) is 2.51. The van der Waals surface area contributed by atoms with Crippen LogP contribution in [0, 0.1) is 0 Å². The van der Waals surface area contributed by atoms with E-state index >= 15 is 0 Å². The van der Waals surface area contributed by atoms with E-state index in [0.717, 1.165) is 30.8 Å². The molecule has 1 rings (SSSR count). The zero-order valence-corrected chi connectivity index (χ0v) is 12.5. The van der Waals surface area contributed by atoms with E-state index in [4.69, 9.17) is 0 Å². The van der Waals surface area contributed by atoms with Gasteiger partial charge in [0.2, 0.25) is 10.0 Å². The molecule has 120 valence electrons. The van der Waals surface area contributed by atoms with Crippen molar-refractivity contribution < 1.29 is 31.2 Å². The van der Waals surface area contributed by atoms with Crippen LogP contribution < -0.4 is 14.4 Å². The molecule has 0 aliphatic heterocycles. The highest BCUT2D eigenvalue weighted by atomic mass is 32.2. The predicted octanol–water partition coefficient (Wildman–Crippen LogP) is 0.398. The molecule has 0 aliphatic rings. The molecule has 0 saturated carbocycles. The van der Waals surface area contributed by atoms with E-state index in [0.29, 0.717) is 6.42 Å². The molecule has 0 atom stereocenters. The summed E-state index contributed by atoms with van der Waals surface area (Å²) in [5.41, 5.74) is 0. The van der Waals surface area contributed by atoms with Crippen LogP contribution >= 0.6 is 0 Å². The topological polar surface area (TPSA) is 59.8 Å². The van der Waals surface area contributed by atoms with Crippen molar-refractivity contribution >= 4 is 10.0 Å². The number of ether oxygens (including phenoxy) is 1. The highest BCUT2D eigenvalue weighted by Crippen LogP contribution is 2.23. The minimum Gasteiger partial charge on any atom is -0.406 e. The highest BCUT2D eigenvalue weighted by molar-refractivity contribution is 7.89. The van der Waals surface area contributed by atoms with Crippen molar-refractivity contribution in [1.29, 1.82) is 0 Å². The maximum Gasteiger partial charge on any atom is 0.573 e. The summed E-state index contributed by atoms with van der Waals surface area (Å²) in [5, 5.41) is 0. The van der Waals surface area contributed by atoms with E-state index in [-0.39, 0.29) is 11.4 Å². The summed E-state index contributed by atoms with van der Waals surface area (Å²) in [6, 6.07) is 4.07. The van der Waals surface area contributed by atoms with Gasteiger partial charge in [-0.25, -0.2) is 13.1 Å². The molecule has 0 unspecified atom stereocenters. The zero-order valence-electron chi connectivity index (χ0n) is 11.7. The van der Waals surface area contributed by atoms with Crippen molar-refractivity contribution in [2.45, 2.75) is 17.7 Å². The summed E-state index contributed by atoms with van der Waals surface area (Å²) in [4.78, 5) is 1.09. The predicted molar refractivity (Wildman–Crippen MR) is 70.6 cm³/mol. The Morgan fingerprint density at radius 1 is 1.19 bits per heavy atom. The Bertz CT molecular complexity index is 542. The molecule has 2 N–H and O–H groups in total. The number of rotatable bonds is 7. The lowest BCUT2D eigenvalue weighted by atomic mass is 10.3. The first-order chi connectivity index (χ1) is 9.60. The molecule has 0 radical (unpaired) electrons. The molecule has 0 amide bonds. The normalized spacial score (nSPS) is 12.7. The molecule has 0 bridgehead atoms. The lowest BCUT2D eigenvalue weighted by molar-refractivity contribution is -0.858. The zero-order chi connectivity index (χ0) is 16.1. The Hall–Kier alpha value is -1.32. The van der Waals surface area contributed by atoms with E-state index in [1.54, 1.807) is 0 Å². The molecule has 0 heterocycles. The molecule has 5 nitrogen and oxygen atoms in total. The summed E-state index contributed by atoms with van der Waals surface area (Å²) in [5.74, 6) is -0.461. The molecule has 9 heteroatoms. The number of benzene rings is 1. The van der Waals surface area contributed by atoms with Crippen molar-refractivity contribution in [2.75, 3.05) is 27.2 Å². The van der Waals surface area contributed by atoms with Gasteiger partial charge in [0.05, 0.1) is 25.5 Å². The fourth-order valence-corrected chi connectivity index (χ4v) is 2.63. The quantitative estimate of drug-likeness (QED) is 0.713. The van der Waals surface area contributed by atoms with Crippen molar-refractivity contribution in [3.63, 3.8) is 0 Å².